The van der Waals surface area contributed by atoms with E-state index in [2.05, 4.69) is 10.4 Å². The lowest BCUT2D eigenvalue weighted by Gasteiger charge is -2.06. The molecule has 1 aromatic carbocycles. The molecule has 19 heavy (non-hydrogen) atoms. The molecule has 1 amide bonds. The van der Waals surface area contributed by atoms with Crippen molar-refractivity contribution in [3.63, 3.8) is 0 Å². The van der Waals surface area contributed by atoms with Crippen molar-refractivity contribution >= 4 is 23.2 Å². The van der Waals surface area contributed by atoms with E-state index in [0.29, 0.717) is 22.8 Å². The van der Waals surface area contributed by atoms with Crippen molar-refractivity contribution in [2.24, 2.45) is 7.05 Å². The predicted molar refractivity (Wildman–Crippen MR) is 75.0 cm³/mol. The zero-order valence-electron chi connectivity index (χ0n) is 10.8. The molecule has 0 spiro atoms. The van der Waals surface area contributed by atoms with E-state index in [-0.39, 0.29) is 5.91 Å². The van der Waals surface area contributed by atoms with Crippen molar-refractivity contribution in [3.05, 3.63) is 46.2 Å². The molecule has 0 bridgehead atoms. The predicted octanol–water partition coefficient (Wildman–Crippen LogP) is 1.89. The molecule has 0 unspecified atom stereocenters. The fourth-order valence-electron chi connectivity index (χ4n) is 1.77. The summed E-state index contributed by atoms with van der Waals surface area (Å²) in [4.78, 5) is 12.0. The first-order chi connectivity index (χ1) is 8.97. The van der Waals surface area contributed by atoms with E-state index in [1.54, 1.807) is 22.9 Å². The fourth-order valence-corrected chi connectivity index (χ4v) is 1.95. The van der Waals surface area contributed by atoms with Crippen molar-refractivity contribution in [3.8, 4) is 0 Å². The highest BCUT2D eigenvalue weighted by molar-refractivity contribution is 6.33. The maximum Gasteiger partial charge on any atom is 0.251 e. The zero-order chi connectivity index (χ0) is 14.0. The first-order valence-corrected chi connectivity index (χ1v) is 6.17. The van der Waals surface area contributed by atoms with Gasteiger partial charge in [0.25, 0.3) is 5.91 Å². The Balaban J connectivity index is 2.05. The van der Waals surface area contributed by atoms with Gasteiger partial charge >= 0.3 is 0 Å². The lowest BCUT2D eigenvalue weighted by molar-refractivity contribution is 0.0951. The highest BCUT2D eigenvalue weighted by Gasteiger charge is 2.09. The smallest absolute Gasteiger partial charge is 0.251 e. The summed E-state index contributed by atoms with van der Waals surface area (Å²) in [5, 5.41) is 7.42. The third kappa shape index (κ3) is 3.06. The summed E-state index contributed by atoms with van der Waals surface area (Å²) in [6.07, 6.45) is 1.88. The summed E-state index contributed by atoms with van der Waals surface area (Å²) in [6.45, 7) is 2.34. The molecular formula is C13H15ClN4O. The Morgan fingerprint density at radius 2 is 2.26 bits per heavy atom. The molecule has 0 radical (unpaired) electrons. The molecule has 2 rings (SSSR count). The van der Waals surface area contributed by atoms with E-state index in [0.717, 1.165) is 11.3 Å². The van der Waals surface area contributed by atoms with Gasteiger partial charge in [-0.25, -0.2) is 0 Å². The number of hydrogen-bond acceptors (Lipinski definition) is 3. The van der Waals surface area contributed by atoms with Crippen LogP contribution in [0.1, 0.15) is 21.6 Å². The van der Waals surface area contributed by atoms with Gasteiger partial charge in [-0.3, -0.25) is 9.48 Å². The maximum absolute atomic E-state index is 12.0. The second-order valence-electron chi connectivity index (χ2n) is 4.33. The van der Waals surface area contributed by atoms with Gasteiger partial charge in [-0.2, -0.15) is 5.10 Å². The molecule has 1 aromatic heterocycles. The minimum atomic E-state index is -0.190. The van der Waals surface area contributed by atoms with Gasteiger partial charge in [-0.05, 0) is 25.1 Å². The number of nitrogens with one attached hydrogen (secondary N) is 1. The van der Waals surface area contributed by atoms with E-state index < -0.39 is 0 Å². The number of anilines is 1. The van der Waals surface area contributed by atoms with Gasteiger partial charge in [-0.15, -0.1) is 0 Å². The number of aryl methyl sites for hydroxylation is 2. The Morgan fingerprint density at radius 3 is 2.84 bits per heavy atom. The van der Waals surface area contributed by atoms with Crippen LogP contribution in [0.4, 0.5) is 5.69 Å². The molecule has 0 aliphatic heterocycles. The van der Waals surface area contributed by atoms with Crippen molar-refractivity contribution in [1.82, 2.24) is 15.1 Å². The van der Waals surface area contributed by atoms with Gasteiger partial charge in [0.2, 0.25) is 0 Å². The Labute approximate surface area is 116 Å². The van der Waals surface area contributed by atoms with Crippen LogP contribution in [0.15, 0.2) is 24.4 Å². The minimum absolute atomic E-state index is 0.190. The van der Waals surface area contributed by atoms with E-state index in [9.17, 15) is 4.79 Å². The number of carbonyl (C=O) groups is 1. The Bertz CT molecular complexity index is 621. The quantitative estimate of drug-likeness (QED) is 0.842. The number of carbonyl (C=O) groups excluding carboxylic acids is 1. The van der Waals surface area contributed by atoms with E-state index >= 15 is 0 Å². The van der Waals surface area contributed by atoms with Crippen LogP contribution in [0, 0.1) is 6.92 Å². The molecule has 0 saturated carbocycles. The van der Waals surface area contributed by atoms with E-state index in [4.69, 9.17) is 17.3 Å². The summed E-state index contributed by atoms with van der Waals surface area (Å²) in [5.41, 5.74) is 8.43. The second kappa shape index (κ2) is 5.32. The van der Waals surface area contributed by atoms with Crippen molar-refractivity contribution in [2.45, 2.75) is 13.5 Å². The summed E-state index contributed by atoms with van der Waals surface area (Å²) in [5.74, 6) is -0.190. The largest absolute Gasteiger partial charge is 0.398 e. The van der Waals surface area contributed by atoms with E-state index in [1.807, 2.05) is 20.2 Å². The number of nitrogen functional groups attached to an aromatic ring is 1. The van der Waals surface area contributed by atoms with E-state index in [1.165, 1.54) is 0 Å². The molecule has 100 valence electrons. The molecule has 0 aliphatic carbocycles. The number of nitrogens with zero attached hydrogens (tertiary/aromatic N) is 2. The van der Waals surface area contributed by atoms with Gasteiger partial charge in [0, 0.05) is 30.9 Å². The maximum atomic E-state index is 12.0. The standard InChI is InChI=1S/C13H15ClN4O/c1-8-10(7-18(2)17-8)6-16-13(19)9-3-4-12(15)11(14)5-9/h3-5,7H,6,15H2,1-2H3,(H,16,19). The van der Waals surface area contributed by atoms with Crippen LogP contribution in [0.5, 0.6) is 0 Å². The Morgan fingerprint density at radius 1 is 1.53 bits per heavy atom. The number of benzene rings is 1. The molecule has 1 heterocycles. The van der Waals surface area contributed by atoms with Crippen LogP contribution in [-0.2, 0) is 13.6 Å². The van der Waals surface area contributed by atoms with Crippen LogP contribution in [0.25, 0.3) is 0 Å². The van der Waals surface area contributed by atoms with Crippen LogP contribution in [0.3, 0.4) is 0 Å². The Kier molecular flexibility index (Phi) is 3.76. The first kappa shape index (κ1) is 13.4. The SMILES string of the molecule is Cc1nn(C)cc1CNC(=O)c1ccc(N)c(Cl)c1. The highest BCUT2D eigenvalue weighted by atomic mass is 35.5. The number of amides is 1. The fraction of sp³-hybridized carbons (Fsp3) is 0.231. The van der Waals surface area contributed by atoms with Gasteiger partial charge < -0.3 is 11.1 Å². The van der Waals surface area contributed by atoms with Gasteiger partial charge in [0.1, 0.15) is 0 Å². The second-order valence-corrected chi connectivity index (χ2v) is 4.74. The topological polar surface area (TPSA) is 72.9 Å². The van der Waals surface area contributed by atoms with Gasteiger partial charge in [0.05, 0.1) is 16.4 Å². The van der Waals surface area contributed by atoms with Crippen molar-refractivity contribution in [2.75, 3.05) is 5.73 Å². The van der Waals surface area contributed by atoms with Crippen LogP contribution >= 0.6 is 11.6 Å². The normalized spacial score (nSPS) is 10.5. The number of rotatable bonds is 3. The van der Waals surface area contributed by atoms with Crippen molar-refractivity contribution < 1.29 is 4.79 Å². The summed E-state index contributed by atoms with van der Waals surface area (Å²) in [7, 11) is 1.85. The number of aromatic nitrogens is 2. The number of hydrogen-bond donors (Lipinski definition) is 2. The molecule has 0 aliphatic rings. The third-order valence-corrected chi connectivity index (χ3v) is 3.14. The molecule has 6 heteroatoms. The van der Waals surface area contributed by atoms with Crippen LogP contribution in [0.2, 0.25) is 5.02 Å². The lowest BCUT2D eigenvalue weighted by atomic mass is 10.2. The molecule has 3 N–H and O–H groups in total. The average molecular weight is 279 g/mol. The average Bonchev–Trinajstić information content (AvgIpc) is 2.68. The molecule has 0 fully saturated rings. The molecule has 0 saturated heterocycles. The summed E-state index contributed by atoms with van der Waals surface area (Å²) < 4.78 is 1.72. The molecular weight excluding hydrogens is 264 g/mol. The minimum Gasteiger partial charge on any atom is -0.398 e. The monoisotopic (exact) mass is 278 g/mol. The Hall–Kier alpha value is -2.01. The molecule has 2 aromatic rings. The first-order valence-electron chi connectivity index (χ1n) is 5.79. The number of halogens is 1. The number of nitrogens with two attached hydrogens (primary N) is 1. The van der Waals surface area contributed by atoms with Gasteiger partial charge in [0.15, 0.2) is 0 Å². The molecule has 0 atom stereocenters. The summed E-state index contributed by atoms with van der Waals surface area (Å²) in [6, 6.07) is 4.82. The lowest BCUT2D eigenvalue weighted by Crippen LogP contribution is -2.23. The summed E-state index contributed by atoms with van der Waals surface area (Å²) >= 11 is 5.89. The zero-order valence-corrected chi connectivity index (χ0v) is 11.5. The van der Waals surface area contributed by atoms with Crippen LogP contribution in [-0.4, -0.2) is 15.7 Å². The van der Waals surface area contributed by atoms with Crippen LogP contribution < -0.4 is 11.1 Å². The highest BCUT2D eigenvalue weighted by Crippen LogP contribution is 2.19. The molecule has 5 nitrogen and oxygen atoms in total. The van der Waals surface area contributed by atoms with Crippen molar-refractivity contribution in [1.29, 1.82) is 0 Å². The van der Waals surface area contributed by atoms with Gasteiger partial charge in [-0.1, -0.05) is 11.6 Å². The third-order valence-electron chi connectivity index (χ3n) is 2.82.